The number of nitrogens with zero attached hydrogens (tertiary/aromatic N) is 2. The number of piperidine rings is 1. The van der Waals surface area contributed by atoms with Crippen molar-refractivity contribution in [2.24, 2.45) is 5.92 Å². The number of aliphatic hydroxyl groups excluding tert-OH is 1. The van der Waals surface area contributed by atoms with Crippen molar-refractivity contribution < 1.29 is 9.90 Å². The monoisotopic (exact) mass is 302 g/mol. The molecule has 0 aromatic heterocycles. The predicted molar refractivity (Wildman–Crippen MR) is 86.7 cm³/mol. The summed E-state index contributed by atoms with van der Waals surface area (Å²) < 4.78 is 0. The topological polar surface area (TPSA) is 43.8 Å². The number of rotatable bonds is 4. The molecule has 1 aromatic carbocycles. The third-order valence-electron chi connectivity index (χ3n) is 4.94. The van der Waals surface area contributed by atoms with Crippen LogP contribution in [0.3, 0.4) is 0 Å². The number of likely N-dealkylation sites (tertiary alicyclic amines) is 2. The van der Waals surface area contributed by atoms with Crippen LogP contribution in [-0.4, -0.2) is 53.6 Å². The summed E-state index contributed by atoms with van der Waals surface area (Å²) in [6.45, 7) is 5.07. The minimum atomic E-state index is 0.139. The van der Waals surface area contributed by atoms with E-state index in [-0.39, 0.29) is 12.5 Å². The van der Waals surface area contributed by atoms with Crippen molar-refractivity contribution in [2.45, 2.75) is 32.2 Å². The van der Waals surface area contributed by atoms with Gasteiger partial charge in [0.05, 0.1) is 0 Å². The van der Waals surface area contributed by atoms with E-state index in [4.69, 9.17) is 0 Å². The van der Waals surface area contributed by atoms with E-state index in [0.29, 0.717) is 5.92 Å². The summed E-state index contributed by atoms with van der Waals surface area (Å²) in [6, 6.07) is 8.10. The van der Waals surface area contributed by atoms with Crippen molar-refractivity contribution in [3.05, 3.63) is 35.4 Å². The molecule has 0 bridgehead atoms. The maximum atomic E-state index is 12.6. The highest BCUT2D eigenvalue weighted by molar-refractivity contribution is 5.94. The number of carbonyl (C=O) groups is 1. The number of aliphatic hydroxyl groups is 1. The fraction of sp³-hybridized carbons (Fsp3) is 0.611. The maximum Gasteiger partial charge on any atom is 0.253 e. The molecule has 0 saturated carbocycles. The van der Waals surface area contributed by atoms with E-state index in [1.54, 1.807) is 0 Å². The molecule has 4 nitrogen and oxygen atoms in total. The van der Waals surface area contributed by atoms with Gasteiger partial charge in [0.15, 0.2) is 0 Å². The molecule has 2 fully saturated rings. The van der Waals surface area contributed by atoms with Crippen molar-refractivity contribution >= 4 is 5.91 Å². The molecule has 0 aliphatic carbocycles. The first kappa shape index (κ1) is 15.5. The Balaban J connectivity index is 1.62. The molecule has 1 amide bonds. The molecule has 2 aliphatic heterocycles. The lowest BCUT2D eigenvalue weighted by molar-refractivity contribution is 0.0650. The first-order valence-electron chi connectivity index (χ1n) is 8.47. The third-order valence-corrected chi connectivity index (χ3v) is 4.94. The van der Waals surface area contributed by atoms with E-state index >= 15 is 0 Å². The summed E-state index contributed by atoms with van der Waals surface area (Å²) >= 11 is 0. The standard InChI is InChI=1S/C18H26N2O2/c21-14-15-6-10-20(11-7-15)18(22)17-5-3-4-16(12-17)13-19-8-1-2-9-19/h3-5,12,15,21H,1-2,6-11,13-14H2. The van der Waals surface area contributed by atoms with Gasteiger partial charge in [-0.1, -0.05) is 12.1 Å². The summed E-state index contributed by atoms with van der Waals surface area (Å²) in [6.07, 6.45) is 4.41. The van der Waals surface area contributed by atoms with Gasteiger partial charge in [-0.25, -0.2) is 0 Å². The summed E-state index contributed by atoms with van der Waals surface area (Å²) in [5, 5.41) is 9.20. The van der Waals surface area contributed by atoms with Crippen molar-refractivity contribution in [3.63, 3.8) is 0 Å². The number of carbonyl (C=O) groups excluding carboxylic acids is 1. The van der Waals surface area contributed by atoms with Crippen LogP contribution in [0.2, 0.25) is 0 Å². The van der Waals surface area contributed by atoms with Gasteiger partial charge in [-0.15, -0.1) is 0 Å². The molecule has 0 unspecified atom stereocenters. The molecule has 0 atom stereocenters. The SMILES string of the molecule is O=C(c1cccc(CN2CCCC2)c1)N1CCC(CO)CC1. The van der Waals surface area contributed by atoms with Gasteiger partial charge in [0, 0.05) is 31.8 Å². The van der Waals surface area contributed by atoms with Gasteiger partial charge < -0.3 is 10.0 Å². The van der Waals surface area contributed by atoms with Gasteiger partial charge in [0.2, 0.25) is 0 Å². The number of hydrogen-bond acceptors (Lipinski definition) is 3. The first-order valence-corrected chi connectivity index (χ1v) is 8.47. The summed E-state index contributed by atoms with van der Waals surface area (Å²) in [7, 11) is 0. The Morgan fingerprint density at radius 3 is 2.55 bits per heavy atom. The molecule has 22 heavy (non-hydrogen) atoms. The van der Waals surface area contributed by atoms with E-state index in [1.807, 2.05) is 17.0 Å². The van der Waals surface area contributed by atoms with Gasteiger partial charge in [-0.2, -0.15) is 0 Å². The average Bonchev–Trinajstić information content (AvgIpc) is 3.07. The molecule has 1 aromatic rings. The Bertz CT molecular complexity index is 504. The summed E-state index contributed by atoms with van der Waals surface area (Å²) in [5.41, 5.74) is 2.04. The lowest BCUT2D eigenvalue weighted by atomic mass is 9.97. The van der Waals surface area contributed by atoms with Crippen LogP contribution in [0.5, 0.6) is 0 Å². The quantitative estimate of drug-likeness (QED) is 0.926. The maximum absolute atomic E-state index is 12.6. The highest BCUT2D eigenvalue weighted by atomic mass is 16.3. The van der Waals surface area contributed by atoms with Gasteiger partial charge in [0.1, 0.15) is 0 Å². The van der Waals surface area contributed by atoms with Gasteiger partial charge in [-0.05, 0) is 62.4 Å². The Kier molecular flexibility index (Phi) is 5.11. The molecule has 2 aliphatic rings. The number of hydrogen-bond donors (Lipinski definition) is 1. The molecule has 3 rings (SSSR count). The minimum Gasteiger partial charge on any atom is -0.396 e. The molecule has 0 spiro atoms. The van der Waals surface area contributed by atoms with Crippen molar-refractivity contribution in [1.29, 1.82) is 0 Å². The van der Waals surface area contributed by atoms with E-state index in [2.05, 4.69) is 17.0 Å². The summed E-state index contributed by atoms with van der Waals surface area (Å²) in [5.74, 6) is 0.505. The van der Waals surface area contributed by atoms with Crippen LogP contribution in [-0.2, 0) is 6.54 Å². The molecule has 0 radical (unpaired) electrons. The highest BCUT2D eigenvalue weighted by Gasteiger charge is 2.23. The Hall–Kier alpha value is -1.39. The fourth-order valence-corrected chi connectivity index (χ4v) is 3.50. The molecule has 4 heteroatoms. The Morgan fingerprint density at radius 1 is 1.14 bits per heavy atom. The van der Waals surface area contributed by atoms with Crippen LogP contribution in [0.25, 0.3) is 0 Å². The fourth-order valence-electron chi connectivity index (χ4n) is 3.50. The second-order valence-corrected chi connectivity index (χ2v) is 6.60. The highest BCUT2D eigenvalue weighted by Crippen LogP contribution is 2.20. The third kappa shape index (κ3) is 3.68. The summed E-state index contributed by atoms with van der Waals surface area (Å²) in [4.78, 5) is 17.0. The van der Waals surface area contributed by atoms with Crippen molar-refractivity contribution in [2.75, 3.05) is 32.8 Å². The van der Waals surface area contributed by atoms with E-state index < -0.39 is 0 Å². The second-order valence-electron chi connectivity index (χ2n) is 6.60. The van der Waals surface area contributed by atoms with E-state index in [9.17, 15) is 9.90 Å². The van der Waals surface area contributed by atoms with Crippen LogP contribution in [0.15, 0.2) is 24.3 Å². The Labute approximate surface area is 132 Å². The largest absolute Gasteiger partial charge is 0.396 e. The Morgan fingerprint density at radius 2 is 1.86 bits per heavy atom. The van der Waals surface area contributed by atoms with Crippen LogP contribution >= 0.6 is 0 Å². The second kappa shape index (κ2) is 7.25. The van der Waals surface area contributed by atoms with Crippen LogP contribution in [0.4, 0.5) is 0 Å². The smallest absolute Gasteiger partial charge is 0.253 e. The zero-order chi connectivity index (χ0) is 15.4. The molecule has 2 heterocycles. The number of amides is 1. The molecular weight excluding hydrogens is 276 g/mol. The number of benzene rings is 1. The molecule has 120 valence electrons. The predicted octanol–water partition coefficient (Wildman–Crippen LogP) is 2.13. The van der Waals surface area contributed by atoms with E-state index in [0.717, 1.165) is 38.0 Å². The average molecular weight is 302 g/mol. The van der Waals surface area contributed by atoms with Gasteiger partial charge in [-0.3, -0.25) is 9.69 Å². The first-order chi connectivity index (χ1) is 10.8. The van der Waals surface area contributed by atoms with Gasteiger partial charge in [0.25, 0.3) is 5.91 Å². The zero-order valence-electron chi connectivity index (χ0n) is 13.2. The van der Waals surface area contributed by atoms with Crippen LogP contribution in [0, 0.1) is 5.92 Å². The van der Waals surface area contributed by atoms with E-state index in [1.165, 1.54) is 31.5 Å². The van der Waals surface area contributed by atoms with Crippen molar-refractivity contribution in [1.82, 2.24) is 9.80 Å². The van der Waals surface area contributed by atoms with Gasteiger partial charge >= 0.3 is 0 Å². The molecule has 2 saturated heterocycles. The zero-order valence-corrected chi connectivity index (χ0v) is 13.2. The van der Waals surface area contributed by atoms with Crippen LogP contribution < -0.4 is 0 Å². The van der Waals surface area contributed by atoms with Crippen molar-refractivity contribution in [3.8, 4) is 0 Å². The normalized spacial score (nSPS) is 20.5. The molecule has 1 N–H and O–H groups in total. The minimum absolute atomic E-state index is 0.139. The lowest BCUT2D eigenvalue weighted by Gasteiger charge is -2.31. The molecular formula is C18H26N2O2. The lowest BCUT2D eigenvalue weighted by Crippen LogP contribution is -2.39. The van der Waals surface area contributed by atoms with Crippen LogP contribution in [0.1, 0.15) is 41.6 Å².